The van der Waals surface area contributed by atoms with Crippen LogP contribution in [0, 0.1) is 0 Å². The smallest absolute Gasteiger partial charge is 0.145 e. The lowest BCUT2D eigenvalue weighted by atomic mass is 10.2. The van der Waals surface area contributed by atoms with Crippen LogP contribution in [0.3, 0.4) is 0 Å². The molecule has 1 atom stereocenters. The number of rotatable bonds is 3. The van der Waals surface area contributed by atoms with Gasteiger partial charge in [0.2, 0.25) is 0 Å². The number of hydrazine groups is 1. The summed E-state index contributed by atoms with van der Waals surface area (Å²) in [6.45, 7) is 8.58. The molecule has 1 fully saturated rings. The fourth-order valence-electron chi connectivity index (χ4n) is 2.00. The summed E-state index contributed by atoms with van der Waals surface area (Å²) in [5.74, 6) is 8.11. The van der Waals surface area contributed by atoms with E-state index in [9.17, 15) is 0 Å². The van der Waals surface area contributed by atoms with Gasteiger partial charge in [0.05, 0.1) is 19.3 Å². The van der Waals surface area contributed by atoms with Crippen molar-refractivity contribution in [2.75, 3.05) is 30.1 Å². The minimum atomic E-state index is 0.272. The Balaban J connectivity index is 2.33. The first-order valence-electron chi connectivity index (χ1n) is 6.31. The first-order valence-corrected chi connectivity index (χ1v) is 6.31. The van der Waals surface area contributed by atoms with Crippen LogP contribution in [-0.4, -0.2) is 35.8 Å². The second kappa shape index (κ2) is 5.49. The van der Waals surface area contributed by atoms with Gasteiger partial charge in [-0.1, -0.05) is 13.8 Å². The lowest BCUT2D eigenvalue weighted by Gasteiger charge is -2.34. The van der Waals surface area contributed by atoms with E-state index in [1.165, 1.54) is 0 Å². The highest BCUT2D eigenvalue weighted by Crippen LogP contribution is 2.22. The van der Waals surface area contributed by atoms with E-state index in [-0.39, 0.29) is 5.92 Å². The number of anilines is 2. The van der Waals surface area contributed by atoms with Gasteiger partial charge in [-0.05, 0) is 6.92 Å². The van der Waals surface area contributed by atoms with Crippen molar-refractivity contribution in [3.8, 4) is 0 Å². The van der Waals surface area contributed by atoms with Gasteiger partial charge in [-0.2, -0.15) is 0 Å². The van der Waals surface area contributed by atoms with Gasteiger partial charge in [0.25, 0.3) is 0 Å². The molecule has 18 heavy (non-hydrogen) atoms. The van der Waals surface area contributed by atoms with Crippen LogP contribution >= 0.6 is 0 Å². The maximum Gasteiger partial charge on any atom is 0.145 e. The minimum Gasteiger partial charge on any atom is -0.377 e. The van der Waals surface area contributed by atoms with Crippen molar-refractivity contribution in [2.24, 2.45) is 5.84 Å². The van der Waals surface area contributed by atoms with E-state index in [0.29, 0.717) is 11.9 Å². The van der Waals surface area contributed by atoms with Crippen molar-refractivity contribution in [3.63, 3.8) is 0 Å². The molecule has 100 valence electrons. The van der Waals surface area contributed by atoms with Gasteiger partial charge in [-0.3, -0.25) is 0 Å². The van der Waals surface area contributed by atoms with Crippen LogP contribution in [0.25, 0.3) is 0 Å². The number of morpholine rings is 1. The number of ether oxygens (including phenoxy) is 1. The van der Waals surface area contributed by atoms with Gasteiger partial charge < -0.3 is 15.1 Å². The van der Waals surface area contributed by atoms with Crippen molar-refractivity contribution in [1.82, 2.24) is 9.97 Å². The Hall–Kier alpha value is -1.40. The summed E-state index contributed by atoms with van der Waals surface area (Å²) >= 11 is 0. The molecule has 0 spiro atoms. The maximum absolute atomic E-state index is 5.47. The molecular weight excluding hydrogens is 230 g/mol. The second-order valence-electron chi connectivity index (χ2n) is 4.89. The third-order valence-corrected chi connectivity index (χ3v) is 3.06. The summed E-state index contributed by atoms with van der Waals surface area (Å²) in [6, 6.07) is 2.20. The van der Waals surface area contributed by atoms with Crippen LogP contribution in [0.1, 0.15) is 32.5 Å². The molecule has 0 bridgehead atoms. The number of nitrogens with one attached hydrogen (secondary N) is 1. The molecule has 1 aliphatic heterocycles. The average molecular weight is 251 g/mol. The highest BCUT2D eigenvalue weighted by Gasteiger charge is 2.21. The molecule has 1 aromatic heterocycles. The number of hydrogen-bond donors (Lipinski definition) is 2. The summed E-state index contributed by atoms with van der Waals surface area (Å²) in [5, 5.41) is 0. The van der Waals surface area contributed by atoms with E-state index >= 15 is 0 Å². The number of nitrogens with two attached hydrogens (primary N) is 1. The zero-order chi connectivity index (χ0) is 13.1. The first kappa shape index (κ1) is 13.0. The lowest BCUT2D eigenvalue weighted by molar-refractivity contribution is 0.0985. The molecule has 0 saturated carbocycles. The van der Waals surface area contributed by atoms with Crippen LogP contribution in [0.4, 0.5) is 11.6 Å². The topological polar surface area (TPSA) is 76.3 Å². The Kier molecular flexibility index (Phi) is 3.98. The summed E-state index contributed by atoms with van der Waals surface area (Å²) in [7, 11) is 0. The fourth-order valence-corrected chi connectivity index (χ4v) is 2.00. The molecule has 2 rings (SSSR count). The third-order valence-electron chi connectivity index (χ3n) is 3.06. The Bertz CT molecular complexity index is 409. The molecule has 3 N–H and O–H groups in total. The van der Waals surface area contributed by atoms with E-state index in [4.69, 9.17) is 10.6 Å². The van der Waals surface area contributed by atoms with Crippen LogP contribution in [0.15, 0.2) is 6.07 Å². The Labute approximate surface area is 108 Å². The number of nitrogens with zero attached hydrogens (tertiary/aromatic N) is 3. The van der Waals surface area contributed by atoms with E-state index in [2.05, 4.69) is 41.1 Å². The highest BCUT2D eigenvalue weighted by atomic mass is 16.5. The number of nitrogen functional groups attached to an aromatic ring is 1. The van der Waals surface area contributed by atoms with Crippen LogP contribution in [0.5, 0.6) is 0 Å². The second-order valence-corrected chi connectivity index (χ2v) is 4.89. The van der Waals surface area contributed by atoms with E-state index < -0.39 is 0 Å². The zero-order valence-corrected chi connectivity index (χ0v) is 11.2. The van der Waals surface area contributed by atoms with Gasteiger partial charge >= 0.3 is 0 Å². The molecule has 6 nitrogen and oxygen atoms in total. The average Bonchev–Trinajstić information content (AvgIpc) is 2.38. The maximum atomic E-state index is 5.47. The number of hydrogen-bond acceptors (Lipinski definition) is 6. The molecule has 0 radical (unpaired) electrons. The Morgan fingerprint density at radius 3 is 2.89 bits per heavy atom. The highest BCUT2D eigenvalue weighted by molar-refractivity contribution is 5.50. The van der Waals surface area contributed by atoms with Crippen LogP contribution in [0.2, 0.25) is 0 Å². The molecule has 1 aliphatic rings. The van der Waals surface area contributed by atoms with Gasteiger partial charge in [0, 0.05) is 18.5 Å². The van der Waals surface area contributed by atoms with Crippen molar-refractivity contribution >= 4 is 11.6 Å². The SMILES string of the molecule is CC(C)c1nc(NN)cc(N2CCOCC2C)n1. The summed E-state index contributed by atoms with van der Waals surface area (Å²) in [4.78, 5) is 11.2. The molecule has 1 aromatic rings. The first-order chi connectivity index (χ1) is 8.61. The fraction of sp³-hybridized carbons (Fsp3) is 0.667. The van der Waals surface area contributed by atoms with Gasteiger partial charge in [0.1, 0.15) is 17.5 Å². The third kappa shape index (κ3) is 2.70. The Morgan fingerprint density at radius 2 is 2.28 bits per heavy atom. The number of aromatic nitrogens is 2. The van der Waals surface area contributed by atoms with Crippen LogP contribution in [-0.2, 0) is 4.74 Å². The molecule has 0 aromatic carbocycles. The van der Waals surface area contributed by atoms with Gasteiger partial charge in [0.15, 0.2) is 0 Å². The molecule has 0 aliphatic carbocycles. The summed E-state index contributed by atoms with van der Waals surface area (Å²) in [5.41, 5.74) is 2.61. The molecule has 2 heterocycles. The molecule has 6 heteroatoms. The van der Waals surface area contributed by atoms with Crippen molar-refractivity contribution in [1.29, 1.82) is 0 Å². The standard InChI is InChI=1S/C12H21N5O/c1-8(2)12-14-10(16-13)6-11(15-12)17-4-5-18-7-9(17)3/h6,8-9H,4-5,7,13H2,1-3H3,(H,14,15,16). The molecule has 1 unspecified atom stereocenters. The molecule has 0 amide bonds. The van der Waals surface area contributed by atoms with E-state index in [1.54, 1.807) is 0 Å². The Morgan fingerprint density at radius 1 is 1.50 bits per heavy atom. The molecule has 1 saturated heterocycles. The predicted octanol–water partition coefficient (Wildman–Crippen LogP) is 1.11. The predicted molar refractivity (Wildman–Crippen MR) is 71.6 cm³/mol. The van der Waals surface area contributed by atoms with Crippen LogP contribution < -0.4 is 16.2 Å². The largest absolute Gasteiger partial charge is 0.377 e. The quantitative estimate of drug-likeness (QED) is 0.619. The van der Waals surface area contributed by atoms with Gasteiger partial charge in [-0.25, -0.2) is 15.8 Å². The van der Waals surface area contributed by atoms with Gasteiger partial charge in [-0.15, -0.1) is 0 Å². The monoisotopic (exact) mass is 251 g/mol. The minimum absolute atomic E-state index is 0.272. The van der Waals surface area contributed by atoms with E-state index in [0.717, 1.165) is 31.4 Å². The van der Waals surface area contributed by atoms with E-state index in [1.807, 2.05) is 6.07 Å². The summed E-state index contributed by atoms with van der Waals surface area (Å²) < 4.78 is 5.44. The summed E-state index contributed by atoms with van der Waals surface area (Å²) in [6.07, 6.45) is 0. The zero-order valence-electron chi connectivity index (χ0n) is 11.2. The van der Waals surface area contributed by atoms with Crippen molar-refractivity contribution in [2.45, 2.75) is 32.7 Å². The van der Waals surface area contributed by atoms with Crippen molar-refractivity contribution in [3.05, 3.63) is 11.9 Å². The lowest BCUT2D eigenvalue weighted by Crippen LogP contribution is -2.44. The molecular formula is C12H21N5O. The van der Waals surface area contributed by atoms with Crippen molar-refractivity contribution < 1.29 is 4.74 Å². The normalized spacial score (nSPS) is 20.3.